The second-order valence-electron chi connectivity index (χ2n) is 7.22. The maximum atomic E-state index is 4.17. The van der Waals surface area contributed by atoms with Crippen molar-refractivity contribution in [2.75, 3.05) is 12.0 Å². The van der Waals surface area contributed by atoms with E-state index in [-0.39, 0.29) is 0 Å². The first kappa shape index (κ1) is 16.2. The molecule has 5 rings (SSSR count). The summed E-state index contributed by atoms with van der Waals surface area (Å²) < 4.78 is 0. The van der Waals surface area contributed by atoms with Crippen LogP contribution in [0.5, 0.6) is 0 Å². The molecule has 1 heterocycles. The highest BCUT2D eigenvalue weighted by Gasteiger charge is 2.23. The number of aryl methyl sites for hydroxylation is 1. The van der Waals surface area contributed by atoms with E-state index in [1.54, 1.807) is 18.0 Å². The molecule has 4 heteroatoms. The van der Waals surface area contributed by atoms with Crippen LogP contribution in [0, 0.1) is 5.92 Å². The van der Waals surface area contributed by atoms with E-state index in [9.17, 15) is 0 Å². The van der Waals surface area contributed by atoms with Gasteiger partial charge in [-0.25, -0.2) is 15.4 Å². The summed E-state index contributed by atoms with van der Waals surface area (Å²) in [5.41, 5.74) is 15.1. The van der Waals surface area contributed by atoms with Gasteiger partial charge in [0.2, 0.25) is 5.95 Å². The molecule has 2 aromatic carbocycles. The van der Waals surface area contributed by atoms with Gasteiger partial charge in [0, 0.05) is 18.9 Å². The molecule has 0 radical (unpaired) electrons. The lowest BCUT2D eigenvalue weighted by molar-refractivity contribution is 0.583. The van der Waals surface area contributed by atoms with Crippen LogP contribution >= 0.6 is 0 Å². The number of aromatic nitrogens is 2. The summed E-state index contributed by atoms with van der Waals surface area (Å²) in [7, 11) is 0. The van der Waals surface area contributed by atoms with Gasteiger partial charge >= 0.3 is 0 Å². The quantitative estimate of drug-likeness (QED) is 0.694. The first-order chi connectivity index (χ1) is 13.4. The number of hydrazine groups is 1. The number of benzene rings is 2. The number of fused-ring (bicyclic) bond motifs is 5. The molecule has 3 aromatic rings. The van der Waals surface area contributed by atoms with Crippen LogP contribution in [0.1, 0.15) is 22.3 Å². The molecule has 0 aliphatic heterocycles. The van der Waals surface area contributed by atoms with Gasteiger partial charge in [-0.2, -0.15) is 0 Å². The van der Waals surface area contributed by atoms with Gasteiger partial charge in [0.05, 0.1) is 0 Å². The summed E-state index contributed by atoms with van der Waals surface area (Å²) in [6, 6.07) is 15.2. The van der Waals surface area contributed by atoms with Crippen molar-refractivity contribution in [2.45, 2.75) is 19.3 Å². The molecule has 1 unspecified atom stereocenters. The van der Waals surface area contributed by atoms with Crippen molar-refractivity contribution in [2.24, 2.45) is 5.92 Å². The van der Waals surface area contributed by atoms with Gasteiger partial charge in [-0.1, -0.05) is 48.6 Å². The third-order valence-electron chi connectivity index (χ3n) is 5.56. The third-order valence-corrected chi connectivity index (χ3v) is 5.56. The fourth-order valence-electron chi connectivity index (χ4n) is 4.24. The average molecular weight is 354 g/mol. The molecule has 0 amide bonds. The molecule has 2 aliphatic rings. The molecule has 0 saturated carbocycles. The Labute approximate surface area is 159 Å². The molecule has 1 atom stereocenters. The van der Waals surface area contributed by atoms with Crippen LogP contribution in [-0.4, -0.2) is 16.5 Å². The minimum Gasteiger partial charge on any atom is -0.290 e. The molecule has 0 fully saturated rings. The highest BCUT2D eigenvalue weighted by molar-refractivity contribution is 5.77. The minimum absolute atomic E-state index is 0.456. The zero-order chi connectivity index (χ0) is 18.1. The lowest BCUT2D eigenvalue weighted by atomic mass is 9.78. The average Bonchev–Trinajstić information content (AvgIpc) is 2.74. The van der Waals surface area contributed by atoms with Crippen molar-refractivity contribution in [1.29, 1.82) is 0 Å². The Bertz CT molecular complexity index is 995. The molecular formula is C23H22N4. The van der Waals surface area contributed by atoms with Crippen molar-refractivity contribution in [3.63, 3.8) is 0 Å². The summed E-state index contributed by atoms with van der Waals surface area (Å²) in [6.45, 7) is 0.842. The van der Waals surface area contributed by atoms with E-state index in [0.29, 0.717) is 11.9 Å². The SMILES string of the molecule is C1=CC(CNNc2ncccn2)Cc2c1ccc1c2CCc2ccccc2-1. The topological polar surface area (TPSA) is 49.8 Å². The maximum absolute atomic E-state index is 4.17. The summed E-state index contributed by atoms with van der Waals surface area (Å²) in [5, 5.41) is 0. The van der Waals surface area contributed by atoms with E-state index in [0.717, 1.165) is 25.8 Å². The van der Waals surface area contributed by atoms with Crippen molar-refractivity contribution >= 4 is 12.0 Å². The minimum atomic E-state index is 0.456. The van der Waals surface area contributed by atoms with Crippen molar-refractivity contribution < 1.29 is 0 Å². The molecule has 0 spiro atoms. The van der Waals surface area contributed by atoms with E-state index in [4.69, 9.17) is 0 Å². The van der Waals surface area contributed by atoms with E-state index >= 15 is 0 Å². The van der Waals surface area contributed by atoms with Crippen molar-refractivity contribution in [3.8, 4) is 11.1 Å². The monoisotopic (exact) mass is 354 g/mol. The molecule has 27 heavy (non-hydrogen) atoms. The Morgan fingerprint density at radius 1 is 0.889 bits per heavy atom. The van der Waals surface area contributed by atoms with Crippen LogP contribution in [0.3, 0.4) is 0 Å². The summed E-state index contributed by atoms with van der Waals surface area (Å²) in [5.74, 6) is 1.06. The molecule has 4 nitrogen and oxygen atoms in total. The van der Waals surface area contributed by atoms with Gasteiger partial charge in [0.15, 0.2) is 0 Å². The Hall–Kier alpha value is -2.98. The predicted octanol–water partition coefficient (Wildman–Crippen LogP) is 4.04. The van der Waals surface area contributed by atoms with Crippen LogP contribution in [-0.2, 0) is 19.3 Å². The number of hydrogen-bond acceptors (Lipinski definition) is 4. The van der Waals surface area contributed by atoms with Crippen LogP contribution in [0.4, 0.5) is 5.95 Å². The first-order valence-electron chi connectivity index (χ1n) is 9.55. The van der Waals surface area contributed by atoms with E-state index < -0.39 is 0 Å². The van der Waals surface area contributed by atoms with Crippen LogP contribution in [0.25, 0.3) is 17.2 Å². The summed E-state index contributed by atoms with van der Waals surface area (Å²) in [4.78, 5) is 8.35. The Balaban J connectivity index is 1.35. The van der Waals surface area contributed by atoms with Crippen LogP contribution in [0.2, 0.25) is 0 Å². The van der Waals surface area contributed by atoms with Gasteiger partial charge in [-0.05, 0) is 64.6 Å². The molecule has 2 N–H and O–H groups in total. The summed E-state index contributed by atoms with van der Waals surface area (Å²) in [6.07, 6.45) is 11.4. The van der Waals surface area contributed by atoms with E-state index in [1.165, 1.54) is 27.8 Å². The Morgan fingerprint density at radius 2 is 1.78 bits per heavy atom. The zero-order valence-corrected chi connectivity index (χ0v) is 15.2. The second-order valence-corrected chi connectivity index (χ2v) is 7.22. The zero-order valence-electron chi connectivity index (χ0n) is 15.2. The van der Waals surface area contributed by atoms with Gasteiger partial charge in [-0.15, -0.1) is 0 Å². The molecule has 134 valence electrons. The predicted molar refractivity (Wildman–Crippen MR) is 109 cm³/mol. The number of nitrogens with zero attached hydrogens (tertiary/aromatic N) is 2. The fraction of sp³-hybridized carbons (Fsp3) is 0.217. The number of hydrogen-bond donors (Lipinski definition) is 2. The summed E-state index contributed by atoms with van der Waals surface area (Å²) >= 11 is 0. The number of rotatable bonds is 4. The molecule has 0 saturated heterocycles. The largest absolute Gasteiger partial charge is 0.290 e. The van der Waals surface area contributed by atoms with Gasteiger partial charge in [0.1, 0.15) is 0 Å². The molecular weight excluding hydrogens is 332 g/mol. The molecule has 2 aliphatic carbocycles. The smallest absolute Gasteiger partial charge is 0.237 e. The van der Waals surface area contributed by atoms with E-state index in [2.05, 4.69) is 69.4 Å². The standard InChI is InChI=1S/C23H22N4/c1-2-5-19-17(4-1)8-11-21-20(19)10-9-18-7-6-16(14-22(18)21)15-26-27-23-24-12-3-13-25-23/h1-7,9-10,12-13,16,26H,8,11,14-15H2,(H,24,25,27). The van der Waals surface area contributed by atoms with Crippen LogP contribution in [0.15, 0.2) is 60.9 Å². The van der Waals surface area contributed by atoms with Crippen molar-refractivity contribution in [3.05, 3.63) is 83.2 Å². The fourth-order valence-corrected chi connectivity index (χ4v) is 4.24. The van der Waals surface area contributed by atoms with Gasteiger partial charge in [-0.3, -0.25) is 5.43 Å². The van der Waals surface area contributed by atoms with Gasteiger partial charge in [0.25, 0.3) is 0 Å². The molecule has 0 bridgehead atoms. The Kier molecular flexibility index (Phi) is 4.18. The molecule has 1 aromatic heterocycles. The highest BCUT2D eigenvalue weighted by atomic mass is 15.4. The van der Waals surface area contributed by atoms with E-state index in [1.807, 2.05) is 6.07 Å². The van der Waals surface area contributed by atoms with Crippen molar-refractivity contribution in [1.82, 2.24) is 15.4 Å². The maximum Gasteiger partial charge on any atom is 0.237 e. The third kappa shape index (κ3) is 3.13. The lowest BCUT2D eigenvalue weighted by Crippen LogP contribution is -2.30. The normalized spacial score (nSPS) is 17.0. The highest BCUT2D eigenvalue weighted by Crippen LogP contribution is 2.38. The lowest BCUT2D eigenvalue weighted by Gasteiger charge is -2.28. The number of anilines is 1. The Morgan fingerprint density at radius 3 is 2.70 bits per heavy atom. The first-order valence-corrected chi connectivity index (χ1v) is 9.55. The number of nitrogens with one attached hydrogen (secondary N) is 2. The van der Waals surface area contributed by atoms with Gasteiger partial charge < -0.3 is 0 Å². The second kappa shape index (κ2) is 6.97. The van der Waals surface area contributed by atoms with Crippen LogP contribution < -0.4 is 10.9 Å².